The first-order valence-corrected chi connectivity index (χ1v) is 9.34. The molecular formula is C15H24BrN3S. The van der Waals surface area contributed by atoms with Crippen molar-refractivity contribution in [3.63, 3.8) is 0 Å². The van der Waals surface area contributed by atoms with E-state index in [1.807, 2.05) is 11.3 Å². The average Bonchev–Trinajstić information content (AvgIpc) is 3.23. The molecule has 1 saturated heterocycles. The van der Waals surface area contributed by atoms with Crippen LogP contribution in [0, 0.1) is 0 Å². The molecule has 2 atom stereocenters. The van der Waals surface area contributed by atoms with Gasteiger partial charge in [-0.2, -0.15) is 0 Å². The number of hydrogen-bond acceptors (Lipinski definition) is 4. The Labute approximate surface area is 134 Å². The lowest BCUT2D eigenvalue weighted by Gasteiger charge is -2.41. The van der Waals surface area contributed by atoms with Crippen molar-refractivity contribution >= 4 is 27.3 Å². The van der Waals surface area contributed by atoms with E-state index in [2.05, 4.69) is 44.1 Å². The number of nitrogens with zero attached hydrogens (tertiary/aromatic N) is 2. The molecule has 1 saturated carbocycles. The van der Waals surface area contributed by atoms with Gasteiger partial charge in [-0.05, 0) is 41.3 Å². The SMILES string of the molecule is CCC(N)C(c1cc(Br)cs1)N1CCN(C2CC2)CC1. The monoisotopic (exact) mass is 357 g/mol. The van der Waals surface area contributed by atoms with Crippen molar-refractivity contribution in [1.82, 2.24) is 9.80 Å². The molecule has 20 heavy (non-hydrogen) atoms. The van der Waals surface area contributed by atoms with Crippen molar-refractivity contribution < 1.29 is 0 Å². The molecule has 3 nitrogen and oxygen atoms in total. The summed E-state index contributed by atoms with van der Waals surface area (Å²) in [4.78, 5) is 6.67. The van der Waals surface area contributed by atoms with Gasteiger partial charge in [0.05, 0.1) is 6.04 Å². The van der Waals surface area contributed by atoms with Crippen LogP contribution in [0.4, 0.5) is 0 Å². The van der Waals surface area contributed by atoms with Gasteiger partial charge >= 0.3 is 0 Å². The number of rotatable bonds is 5. The minimum atomic E-state index is 0.230. The van der Waals surface area contributed by atoms with Crippen LogP contribution in [0.5, 0.6) is 0 Å². The maximum atomic E-state index is 6.43. The third kappa shape index (κ3) is 3.28. The van der Waals surface area contributed by atoms with Crippen molar-refractivity contribution in [1.29, 1.82) is 0 Å². The van der Waals surface area contributed by atoms with Gasteiger partial charge in [0.25, 0.3) is 0 Å². The first-order valence-electron chi connectivity index (χ1n) is 7.66. The molecule has 0 aromatic carbocycles. The van der Waals surface area contributed by atoms with E-state index in [1.165, 1.54) is 35.3 Å². The number of halogens is 1. The summed E-state index contributed by atoms with van der Waals surface area (Å²) >= 11 is 5.41. The predicted molar refractivity (Wildman–Crippen MR) is 89.2 cm³/mol. The highest BCUT2D eigenvalue weighted by atomic mass is 79.9. The zero-order valence-corrected chi connectivity index (χ0v) is 14.5. The summed E-state index contributed by atoms with van der Waals surface area (Å²) in [5.74, 6) is 0. The first-order chi connectivity index (χ1) is 9.69. The van der Waals surface area contributed by atoms with Crippen molar-refractivity contribution in [3.8, 4) is 0 Å². The Hall–Kier alpha value is 0.0600. The number of piperazine rings is 1. The Bertz CT molecular complexity index is 438. The first kappa shape index (κ1) is 15.0. The van der Waals surface area contributed by atoms with Crippen molar-refractivity contribution in [2.75, 3.05) is 26.2 Å². The Morgan fingerprint density at radius 1 is 1.35 bits per heavy atom. The lowest BCUT2D eigenvalue weighted by Crippen LogP contribution is -2.51. The Morgan fingerprint density at radius 3 is 2.55 bits per heavy atom. The molecule has 0 bridgehead atoms. The zero-order chi connectivity index (χ0) is 14.1. The summed E-state index contributed by atoms with van der Waals surface area (Å²) in [5, 5.41) is 2.17. The minimum Gasteiger partial charge on any atom is -0.326 e. The summed E-state index contributed by atoms with van der Waals surface area (Å²) in [5.41, 5.74) is 6.43. The van der Waals surface area contributed by atoms with E-state index in [-0.39, 0.29) is 6.04 Å². The van der Waals surface area contributed by atoms with E-state index in [0.29, 0.717) is 6.04 Å². The summed E-state index contributed by atoms with van der Waals surface area (Å²) in [6, 6.07) is 3.76. The molecule has 3 rings (SSSR count). The normalized spacial score (nSPS) is 24.8. The zero-order valence-electron chi connectivity index (χ0n) is 12.1. The van der Waals surface area contributed by atoms with Crippen LogP contribution in [0.1, 0.15) is 37.1 Å². The van der Waals surface area contributed by atoms with Crippen LogP contribution in [-0.4, -0.2) is 48.1 Å². The van der Waals surface area contributed by atoms with Gasteiger partial charge in [-0.1, -0.05) is 6.92 Å². The highest BCUT2D eigenvalue weighted by molar-refractivity contribution is 9.10. The summed E-state index contributed by atoms with van der Waals surface area (Å²) < 4.78 is 1.18. The van der Waals surface area contributed by atoms with Crippen molar-refractivity contribution in [2.45, 2.75) is 44.3 Å². The highest BCUT2D eigenvalue weighted by Crippen LogP contribution is 2.34. The Morgan fingerprint density at radius 2 is 2.05 bits per heavy atom. The van der Waals surface area contributed by atoms with Gasteiger partial charge in [0.15, 0.2) is 0 Å². The Kier molecular flexibility index (Phi) is 4.82. The molecule has 2 unspecified atom stereocenters. The largest absolute Gasteiger partial charge is 0.326 e. The van der Waals surface area contributed by atoms with Crippen LogP contribution in [0.25, 0.3) is 0 Å². The second-order valence-corrected chi connectivity index (χ2v) is 7.85. The summed E-state index contributed by atoms with van der Waals surface area (Å²) in [7, 11) is 0. The topological polar surface area (TPSA) is 32.5 Å². The van der Waals surface area contributed by atoms with Gasteiger partial charge in [0.1, 0.15) is 0 Å². The van der Waals surface area contributed by atoms with Crippen LogP contribution in [0.2, 0.25) is 0 Å². The fourth-order valence-electron chi connectivity index (χ4n) is 3.19. The van der Waals surface area contributed by atoms with E-state index in [1.54, 1.807) is 0 Å². The van der Waals surface area contributed by atoms with Gasteiger partial charge in [0, 0.05) is 53.0 Å². The molecule has 2 heterocycles. The molecule has 1 aliphatic carbocycles. The van der Waals surface area contributed by atoms with Crippen LogP contribution >= 0.6 is 27.3 Å². The van der Waals surface area contributed by atoms with E-state index < -0.39 is 0 Å². The Balaban J connectivity index is 1.69. The molecule has 0 amide bonds. The molecule has 2 N–H and O–H groups in total. The molecule has 0 radical (unpaired) electrons. The maximum Gasteiger partial charge on any atom is 0.0594 e. The van der Waals surface area contributed by atoms with Gasteiger partial charge in [-0.15, -0.1) is 11.3 Å². The summed E-state index contributed by atoms with van der Waals surface area (Å²) in [6.07, 6.45) is 3.86. The lowest BCUT2D eigenvalue weighted by atomic mass is 10.0. The summed E-state index contributed by atoms with van der Waals surface area (Å²) in [6.45, 7) is 6.93. The molecule has 112 valence electrons. The smallest absolute Gasteiger partial charge is 0.0594 e. The molecule has 2 aliphatic rings. The van der Waals surface area contributed by atoms with E-state index in [0.717, 1.165) is 25.6 Å². The second kappa shape index (κ2) is 6.44. The molecular weight excluding hydrogens is 334 g/mol. The van der Waals surface area contributed by atoms with Crippen molar-refractivity contribution in [3.05, 3.63) is 20.8 Å². The average molecular weight is 358 g/mol. The maximum absolute atomic E-state index is 6.43. The highest BCUT2D eigenvalue weighted by Gasteiger charge is 2.34. The fourth-order valence-corrected chi connectivity index (χ4v) is 4.84. The third-order valence-electron chi connectivity index (χ3n) is 4.56. The molecule has 0 spiro atoms. The van der Waals surface area contributed by atoms with Gasteiger partial charge in [-0.3, -0.25) is 9.80 Å². The van der Waals surface area contributed by atoms with Crippen LogP contribution in [-0.2, 0) is 0 Å². The number of hydrogen-bond donors (Lipinski definition) is 1. The lowest BCUT2D eigenvalue weighted by molar-refractivity contribution is 0.0809. The second-order valence-electron chi connectivity index (χ2n) is 5.99. The van der Waals surface area contributed by atoms with E-state index in [9.17, 15) is 0 Å². The van der Waals surface area contributed by atoms with Crippen LogP contribution < -0.4 is 5.73 Å². The number of thiophene rings is 1. The number of nitrogens with two attached hydrogens (primary N) is 1. The fraction of sp³-hybridized carbons (Fsp3) is 0.733. The quantitative estimate of drug-likeness (QED) is 0.878. The molecule has 1 aromatic rings. The van der Waals surface area contributed by atoms with Gasteiger partial charge < -0.3 is 5.73 Å². The molecule has 5 heteroatoms. The van der Waals surface area contributed by atoms with Crippen molar-refractivity contribution in [2.24, 2.45) is 5.73 Å². The molecule has 1 aliphatic heterocycles. The standard InChI is InChI=1S/C15H24BrN3S/c1-2-13(17)15(14-9-11(16)10-20-14)19-7-5-18(6-8-19)12-3-4-12/h9-10,12-13,15H,2-8,17H2,1H3. The van der Waals surface area contributed by atoms with Gasteiger partial charge in [0.2, 0.25) is 0 Å². The van der Waals surface area contributed by atoms with Crippen LogP contribution in [0.15, 0.2) is 15.9 Å². The van der Waals surface area contributed by atoms with Gasteiger partial charge in [-0.25, -0.2) is 0 Å². The molecule has 2 fully saturated rings. The van der Waals surface area contributed by atoms with Crippen LogP contribution in [0.3, 0.4) is 0 Å². The van der Waals surface area contributed by atoms with E-state index >= 15 is 0 Å². The van der Waals surface area contributed by atoms with E-state index in [4.69, 9.17) is 5.73 Å². The predicted octanol–water partition coefficient (Wildman–Crippen LogP) is 3.07. The molecule has 1 aromatic heterocycles. The third-order valence-corrected chi connectivity index (χ3v) is 6.33. The minimum absolute atomic E-state index is 0.230.